The van der Waals surface area contributed by atoms with E-state index in [1.54, 1.807) is 13.8 Å². The number of nitrogens with two attached hydrogens (primary N) is 2. The first-order chi connectivity index (χ1) is 11.9. The first-order valence-electron chi connectivity index (χ1n) is 8.37. The van der Waals surface area contributed by atoms with E-state index in [9.17, 15) is 14.4 Å². The highest BCUT2D eigenvalue weighted by Gasteiger charge is 2.26. The minimum Gasteiger partial charge on any atom is -0.464 e. The van der Waals surface area contributed by atoms with Crippen molar-refractivity contribution in [3.8, 4) is 0 Å². The number of carbonyl (C=O) groups excluding carboxylic acids is 3. The SMILES string of the molecule is CCOC(=O)NC(CC(C)NC(=O)OCCCN)C(=O)OCCCN. The zero-order chi connectivity index (χ0) is 19.1. The fourth-order valence-electron chi connectivity index (χ4n) is 1.79. The van der Waals surface area contributed by atoms with Crippen molar-refractivity contribution in [2.45, 2.75) is 45.2 Å². The van der Waals surface area contributed by atoms with Gasteiger partial charge in [0.05, 0.1) is 19.8 Å². The van der Waals surface area contributed by atoms with Crippen LogP contribution >= 0.6 is 0 Å². The Morgan fingerprint density at radius 3 is 2.04 bits per heavy atom. The summed E-state index contributed by atoms with van der Waals surface area (Å²) in [7, 11) is 0. The molecule has 0 aromatic heterocycles. The Labute approximate surface area is 147 Å². The van der Waals surface area contributed by atoms with Gasteiger partial charge in [-0.05, 0) is 46.2 Å². The first kappa shape index (κ1) is 22.9. The number of hydrogen-bond acceptors (Lipinski definition) is 8. The van der Waals surface area contributed by atoms with E-state index in [2.05, 4.69) is 10.6 Å². The molecule has 0 saturated heterocycles. The standard InChI is InChI=1S/C15H30N4O6/c1-3-23-15(22)19-12(13(20)24-8-4-6-16)10-11(2)18-14(21)25-9-5-7-17/h11-12H,3-10,16-17H2,1-2H3,(H,18,21)(H,19,22). The van der Waals surface area contributed by atoms with Crippen LogP contribution in [0.15, 0.2) is 0 Å². The molecule has 0 aromatic rings. The zero-order valence-electron chi connectivity index (χ0n) is 14.9. The summed E-state index contributed by atoms with van der Waals surface area (Å²) >= 11 is 0. The largest absolute Gasteiger partial charge is 0.464 e. The highest BCUT2D eigenvalue weighted by Crippen LogP contribution is 2.03. The van der Waals surface area contributed by atoms with Gasteiger partial charge >= 0.3 is 18.2 Å². The van der Waals surface area contributed by atoms with Crippen molar-refractivity contribution >= 4 is 18.2 Å². The number of esters is 1. The van der Waals surface area contributed by atoms with Crippen LogP contribution in [0.3, 0.4) is 0 Å². The molecule has 0 rings (SSSR count). The number of amides is 2. The number of alkyl carbamates (subject to hydrolysis) is 2. The van der Waals surface area contributed by atoms with Crippen LogP contribution in [0.5, 0.6) is 0 Å². The molecule has 0 aliphatic heterocycles. The quantitative estimate of drug-likeness (QED) is 0.212. The molecule has 10 nitrogen and oxygen atoms in total. The van der Waals surface area contributed by atoms with Crippen LogP contribution in [-0.4, -0.2) is 63.1 Å². The highest BCUT2D eigenvalue weighted by molar-refractivity contribution is 5.81. The predicted octanol–water partition coefficient (Wildman–Crippen LogP) is -0.153. The van der Waals surface area contributed by atoms with E-state index in [0.717, 1.165) is 0 Å². The molecule has 0 saturated carbocycles. The average molecular weight is 362 g/mol. The Morgan fingerprint density at radius 1 is 0.920 bits per heavy atom. The monoisotopic (exact) mass is 362 g/mol. The van der Waals surface area contributed by atoms with Gasteiger partial charge in [-0.15, -0.1) is 0 Å². The molecule has 146 valence electrons. The third kappa shape index (κ3) is 12.0. The topological polar surface area (TPSA) is 155 Å². The number of rotatable bonds is 12. The Kier molecular flexibility index (Phi) is 13.1. The third-order valence-corrected chi connectivity index (χ3v) is 2.98. The van der Waals surface area contributed by atoms with Gasteiger partial charge < -0.3 is 36.3 Å². The van der Waals surface area contributed by atoms with Crippen molar-refractivity contribution in [1.82, 2.24) is 10.6 Å². The summed E-state index contributed by atoms with van der Waals surface area (Å²) in [6.45, 7) is 4.66. The molecule has 0 bridgehead atoms. The van der Waals surface area contributed by atoms with E-state index in [4.69, 9.17) is 25.7 Å². The molecule has 0 heterocycles. The summed E-state index contributed by atoms with van der Waals surface area (Å²) in [6, 6.07) is -1.41. The molecular weight excluding hydrogens is 332 g/mol. The number of ether oxygens (including phenoxy) is 3. The summed E-state index contributed by atoms with van der Waals surface area (Å²) in [5.41, 5.74) is 10.7. The van der Waals surface area contributed by atoms with Crippen LogP contribution in [0.25, 0.3) is 0 Å². The van der Waals surface area contributed by atoms with Crippen LogP contribution < -0.4 is 22.1 Å². The van der Waals surface area contributed by atoms with Gasteiger partial charge in [0.15, 0.2) is 0 Å². The van der Waals surface area contributed by atoms with Crippen molar-refractivity contribution in [3.63, 3.8) is 0 Å². The van der Waals surface area contributed by atoms with E-state index >= 15 is 0 Å². The van der Waals surface area contributed by atoms with Gasteiger partial charge in [-0.25, -0.2) is 14.4 Å². The molecule has 0 spiro atoms. The predicted molar refractivity (Wildman–Crippen MR) is 90.8 cm³/mol. The van der Waals surface area contributed by atoms with E-state index < -0.39 is 30.2 Å². The maximum atomic E-state index is 12.1. The number of hydrogen-bond donors (Lipinski definition) is 4. The summed E-state index contributed by atoms with van der Waals surface area (Å²) in [5.74, 6) is -0.619. The van der Waals surface area contributed by atoms with Gasteiger partial charge in [0.2, 0.25) is 0 Å². The lowest BCUT2D eigenvalue weighted by Crippen LogP contribution is -2.47. The van der Waals surface area contributed by atoms with Gasteiger partial charge in [-0.2, -0.15) is 0 Å². The van der Waals surface area contributed by atoms with Crippen molar-refractivity contribution in [1.29, 1.82) is 0 Å². The molecule has 0 fully saturated rings. The lowest BCUT2D eigenvalue weighted by atomic mass is 10.1. The molecule has 10 heteroatoms. The lowest BCUT2D eigenvalue weighted by Gasteiger charge is -2.21. The highest BCUT2D eigenvalue weighted by atomic mass is 16.6. The molecule has 2 atom stereocenters. The Hall–Kier alpha value is -2.07. The molecule has 0 aliphatic rings. The van der Waals surface area contributed by atoms with E-state index in [-0.39, 0.29) is 26.2 Å². The van der Waals surface area contributed by atoms with Gasteiger partial charge in [0.25, 0.3) is 0 Å². The molecule has 2 unspecified atom stereocenters. The Morgan fingerprint density at radius 2 is 1.48 bits per heavy atom. The lowest BCUT2D eigenvalue weighted by molar-refractivity contribution is -0.146. The summed E-state index contributed by atoms with van der Waals surface area (Å²) in [6.07, 6.45) is -0.165. The fourth-order valence-corrected chi connectivity index (χ4v) is 1.79. The van der Waals surface area contributed by atoms with Crippen LogP contribution in [0.4, 0.5) is 9.59 Å². The normalized spacial score (nSPS) is 12.6. The minimum absolute atomic E-state index is 0.117. The summed E-state index contributed by atoms with van der Waals surface area (Å²) < 4.78 is 14.8. The second-order valence-corrected chi connectivity index (χ2v) is 5.29. The smallest absolute Gasteiger partial charge is 0.407 e. The van der Waals surface area contributed by atoms with Crippen molar-refractivity contribution in [3.05, 3.63) is 0 Å². The number of nitrogens with one attached hydrogen (secondary N) is 2. The molecule has 0 radical (unpaired) electrons. The molecule has 0 aromatic carbocycles. The second kappa shape index (κ2) is 14.3. The molecule has 0 aliphatic carbocycles. The van der Waals surface area contributed by atoms with Gasteiger partial charge in [-0.1, -0.05) is 0 Å². The van der Waals surface area contributed by atoms with Crippen LogP contribution in [0.1, 0.15) is 33.1 Å². The molecule has 2 amide bonds. The molecule has 6 N–H and O–H groups in total. The van der Waals surface area contributed by atoms with Gasteiger partial charge in [0.1, 0.15) is 6.04 Å². The number of carbonyl (C=O) groups is 3. The molecular formula is C15H30N4O6. The zero-order valence-corrected chi connectivity index (χ0v) is 14.9. The Bertz CT molecular complexity index is 407. The maximum absolute atomic E-state index is 12.1. The van der Waals surface area contributed by atoms with Gasteiger partial charge in [-0.3, -0.25) is 0 Å². The third-order valence-electron chi connectivity index (χ3n) is 2.98. The van der Waals surface area contributed by atoms with Crippen molar-refractivity contribution in [2.75, 3.05) is 32.9 Å². The van der Waals surface area contributed by atoms with E-state index in [0.29, 0.717) is 25.9 Å². The van der Waals surface area contributed by atoms with Crippen molar-refractivity contribution in [2.24, 2.45) is 11.5 Å². The van der Waals surface area contributed by atoms with Crippen molar-refractivity contribution < 1.29 is 28.6 Å². The van der Waals surface area contributed by atoms with Gasteiger partial charge in [0, 0.05) is 6.04 Å². The van der Waals surface area contributed by atoms with Crippen LogP contribution in [-0.2, 0) is 19.0 Å². The summed E-state index contributed by atoms with van der Waals surface area (Å²) in [4.78, 5) is 35.3. The fraction of sp³-hybridized carbons (Fsp3) is 0.800. The van der Waals surface area contributed by atoms with Crippen LogP contribution in [0, 0.1) is 0 Å². The first-order valence-corrected chi connectivity index (χ1v) is 8.37. The van der Waals surface area contributed by atoms with E-state index in [1.165, 1.54) is 0 Å². The average Bonchev–Trinajstić information content (AvgIpc) is 2.54. The molecule has 25 heavy (non-hydrogen) atoms. The minimum atomic E-state index is -0.962. The van der Waals surface area contributed by atoms with E-state index in [1.807, 2.05) is 0 Å². The van der Waals surface area contributed by atoms with Crippen LogP contribution in [0.2, 0.25) is 0 Å². The maximum Gasteiger partial charge on any atom is 0.407 e. The Balaban J connectivity index is 4.54. The second-order valence-electron chi connectivity index (χ2n) is 5.29. The summed E-state index contributed by atoms with van der Waals surface area (Å²) in [5, 5.41) is 5.00.